The number of nitrogens with one attached hydrogen (secondary N) is 1. The van der Waals surface area contributed by atoms with Crippen molar-refractivity contribution in [2.45, 2.75) is 19.3 Å². The second-order valence-corrected chi connectivity index (χ2v) is 6.87. The summed E-state index contributed by atoms with van der Waals surface area (Å²) in [6.45, 7) is 2.25. The third-order valence-corrected chi connectivity index (χ3v) is 4.87. The Morgan fingerprint density at radius 1 is 1.05 bits per heavy atom. The van der Waals surface area contributed by atoms with Crippen molar-refractivity contribution in [1.82, 2.24) is 0 Å². The van der Waals surface area contributed by atoms with Gasteiger partial charge in [-0.25, -0.2) is 0 Å². The highest BCUT2D eigenvalue weighted by atomic mass is 35.5. The molecule has 3 nitrogen and oxygen atoms in total. The van der Waals surface area contributed by atoms with E-state index in [1.807, 2.05) is 12.1 Å². The molecule has 0 bridgehead atoms. The molecule has 0 aliphatic carbocycles. The molecule has 3 rings (SSSR count). The summed E-state index contributed by atoms with van der Waals surface area (Å²) < 4.78 is 0.626. The fourth-order valence-corrected chi connectivity index (χ4v) is 3.48. The van der Waals surface area contributed by atoms with Gasteiger partial charge in [0.05, 0.1) is 9.21 Å². The summed E-state index contributed by atoms with van der Waals surface area (Å²) in [5, 5.41) is 2.90. The number of piperidine rings is 1. The predicted molar refractivity (Wildman–Crippen MR) is 89.8 cm³/mol. The van der Waals surface area contributed by atoms with Crippen LogP contribution in [0.25, 0.3) is 0 Å². The molecule has 0 radical (unpaired) electrons. The van der Waals surface area contributed by atoms with Crippen LogP contribution in [-0.4, -0.2) is 19.0 Å². The number of halogens is 1. The van der Waals surface area contributed by atoms with Crippen molar-refractivity contribution in [2.75, 3.05) is 23.3 Å². The van der Waals surface area contributed by atoms with Crippen LogP contribution >= 0.6 is 22.9 Å². The SMILES string of the molecule is O=C(Nc1ccc(N2CCCCC2)cc1)c1ccc(Cl)s1. The molecule has 21 heavy (non-hydrogen) atoms. The molecule has 1 aromatic heterocycles. The average Bonchev–Trinajstić information content (AvgIpc) is 2.96. The number of carbonyl (C=O) groups excluding carboxylic acids is 1. The zero-order valence-corrected chi connectivity index (χ0v) is 13.2. The first kappa shape index (κ1) is 14.4. The molecular weight excluding hydrogens is 304 g/mol. The minimum atomic E-state index is -0.113. The van der Waals surface area contributed by atoms with Crippen molar-refractivity contribution in [2.24, 2.45) is 0 Å². The molecule has 2 aromatic rings. The zero-order valence-electron chi connectivity index (χ0n) is 11.6. The largest absolute Gasteiger partial charge is 0.372 e. The van der Waals surface area contributed by atoms with Crippen LogP contribution in [0, 0.1) is 0 Å². The number of benzene rings is 1. The highest BCUT2D eigenvalue weighted by molar-refractivity contribution is 7.18. The Kier molecular flexibility index (Phi) is 4.46. The van der Waals surface area contributed by atoms with Gasteiger partial charge in [0, 0.05) is 24.5 Å². The van der Waals surface area contributed by atoms with E-state index in [9.17, 15) is 4.79 Å². The molecule has 1 fully saturated rings. The first-order valence-electron chi connectivity index (χ1n) is 7.14. The summed E-state index contributed by atoms with van der Waals surface area (Å²) >= 11 is 7.13. The Labute approximate surface area is 133 Å². The third kappa shape index (κ3) is 3.57. The van der Waals surface area contributed by atoms with Crippen LogP contribution in [0.5, 0.6) is 0 Å². The second-order valence-electron chi connectivity index (χ2n) is 5.15. The zero-order chi connectivity index (χ0) is 14.7. The Balaban J connectivity index is 1.65. The van der Waals surface area contributed by atoms with Gasteiger partial charge in [-0.3, -0.25) is 4.79 Å². The summed E-state index contributed by atoms with van der Waals surface area (Å²) in [7, 11) is 0. The molecule has 1 aliphatic heterocycles. The average molecular weight is 321 g/mol. The van der Waals surface area contributed by atoms with Gasteiger partial charge in [-0.05, 0) is 55.7 Å². The standard InChI is InChI=1S/C16H17ClN2OS/c17-15-9-8-14(21-15)16(20)18-12-4-6-13(7-5-12)19-10-2-1-3-11-19/h4-9H,1-3,10-11H2,(H,18,20). The lowest BCUT2D eigenvalue weighted by molar-refractivity contribution is 0.103. The fraction of sp³-hybridized carbons (Fsp3) is 0.312. The van der Waals surface area contributed by atoms with E-state index in [4.69, 9.17) is 11.6 Å². The monoisotopic (exact) mass is 320 g/mol. The van der Waals surface area contributed by atoms with Crippen molar-refractivity contribution >= 4 is 40.2 Å². The molecule has 0 atom stereocenters. The van der Waals surface area contributed by atoms with Crippen LogP contribution in [0.15, 0.2) is 36.4 Å². The lowest BCUT2D eigenvalue weighted by atomic mass is 10.1. The summed E-state index contributed by atoms with van der Waals surface area (Å²) in [5.41, 5.74) is 2.04. The van der Waals surface area contributed by atoms with Gasteiger partial charge in [-0.15, -0.1) is 11.3 Å². The minimum Gasteiger partial charge on any atom is -0.372 e. The molecule has 0 saturated carbocycles. The van der Waals surface area contributed by atoms with Gasteiger partial charge >= 0.3 is 0 Å². The Bertz CT molecular complexity index is 617. The highest BCUT2D eigenvalue weighted by Gasteiger charge is 2.12. The van der Waals surface area contributed by atoms with Gasteiger partial charge in [0.25, 0.3) is 5.91 Å². The lowest BCUT2D eigenvalue weighted by Gasteiger charge is -2.28. The van der Waals surface area contributed by atoms with E-state index in [0.29, 0.717) is 9.21 Å². The number of anilines is 2. The van der Waals surface area contributed by atoms with Crippen molar-refractivity contribution in [3.8, 4) is 0 Å². The van der Waals surface area contributed by atoms with E-state index < -0.39 is 0 Å². The molecule has 1 amide bonds. The topological polar surface area (TPSA) is 32.3 Å². The van der Waals surface area contributed by atoms with Crippen LogP contribution < -0.4 is 10.2 Å². The molecule has 1 aliphatic rings. The summed E-state index contributed by atoms with van der Waals surface area (Å²) in [4.78, 5) is 15.1. The first-order valence-corrected chi connectivity index (χ1v) is 8.33. The Morgan fingerprint density at radius 2 is 1.76 bits per heavy atom. The quantitative estimate of drug-likeness (QED) is 0.893. The van der Waals surface area contributed by atoms with Gasteiger partial charge in [-0.2, -0.15) is 0 Å². The molecule has 0 spiro atoms. The number of thiophene rings is 1. The number of hydrogen-bond acceptors (Lipinski definition) is 3. The van der Waals surface area contributed by atoms with Gasteiger partial charge in [0.15, 0.2) is 0 Å². The van der Waals surface area contributed by atoms with Gasteiger partial charge in [0.1, 0.15) is 0 Å². The van der Waals surface area contributed by atoms with E-state index in [1.165, 1.54) is 36.3 Å². The maximum Gasteiger partial charge on any atom is 0.265 e. The third-order valence-electron chi connectivity index (χ3n) is 3.64. The van der Waals surface area contributed by atoms with E-state index in [-0.39, 0.29) is 5.91 Å². The van der Waals surface area contributed by atoms with Gasteiger partial charge < -0.3 is 10.2 Å². The van der Waals surface area contributed by atoms with Gasteiger partial charge in [-0.1, -0.05) is 11.6 Å². The van der Waals surface area contributed by atoms with Crippen molar-refractivity contribution in [3.63, 3.8) is 0 Å². The Morgan fingerprint density at radius 3 is 2.38 bits per heavy atom. The van der Waals surface area contributed by atoms with Crippen LogP contribution in [0.3, 0.4) is 0 Å². The highest BCUT2D eigenvalue weighted by Crippen LogP contribution is 2.24. The molecule has 1 aromatic carbocycles. The Hall–Kier alpha value is -1.52. The maximum absolute atomic E-state index is 12.0. The molecule has 1 saturated heterocycles. The van der Waals surface area contributed by atoms with E-state index in [0.717, 1.165) is 18.8 Å². The van der Waals surface area contributed by atoms with Crippen molar-refractivity contribution in [3.05, 3.63) is 45.6 Å². The number of rotatable bonds is 3. The first-order chi connectivity index (χ1) is 10.2. The lowest BCUT2D eigenvalue weighted by Crippen LogP contribution is -2.29. The number of amides is 1. The predicted octanol–water partition coefficient (Wildman–Crippen LogP) is 4.64. The summed E-state index contributed by atoms with van der Waals surface area (Å²) in [6, 6.07) is 11.5. The van der Waals surface area contributed by atoms with Crippen molar-refractivity contribution in [1.29, 1.82) is 0 Å². The molecule has 5 heteroatoms. The maximum atomic E-state index is 12.0. The second kappa shape index (κ2) is 6.50. The molecule has 0 unspecified atom stereocenters. The van der Waals surface area contributed by atoms with Crippen LogP contribution in [0.4, 0.5) is 11.4 Å². The van der Waals surface area contributed by atoms with E-state index in [2.05, 4.69) is 22.3 Å². The van der Waals surface area contributed by atoms with Crippen LogP contribution in [0.1, 0.15) is 28.9 Å². The van der Waals surface area contributed by atoms with E-state index in [1.54, 1.807) is 12.1 Å². The fourth-order valence-electron chi connectivity index (χ4n) is 2.54. The summed E-state index contributed by atoms with van der Waals surface area (Å²) in [6.07, 6.45) is 3.85. The molecular formula is C16H17ClN2OS. The van der Waals surface area contributed by atoms with Crippen LogP contribution in [0.2, 0.25) is 4.34 Å². The number of nitrogens with zero attached hydrogens (tertiary/aromatic N) is 1. The van der Waals surface area contributed by atoms with Crippen molar-refractivity contribution < 1.29 is 4.79 Å². The number of hydrogen-bond donors (Lipinski definition) is 1. The number of carbonyl (C=O) groups is 1. The molecule has 1 N–H and O–H groups in total. The minimum absolute atomic E-state index is 0.113. The molecule has 110 valence electrons. The smallest absolute Gasteiger partial charge is 0.265 e. The normalized spacial score (nSPS) is 15.0. The van der Waals surface area contributed by atoms with Gasteiger partial charge in [0.2, 0.25) is 0 Å². The van der Waals surface area contributed by atoms with E-state index >= 15 is 0 Å². The molecule has 2 heterocycles. The summed E-state index contributed by atoms with van der Waals surface area (Å²) in [5.74, 6) is -0.113. The van der Waals surface area contributed by atoms with Crippen LogP contribution in [-0.2, 0) is 0 Å².